The van der Waals surface area contributed by atoms with Crippen LogP contribution < -0.4 is 11.3 Å². The van der Waals surface area contributed by atoms with Crippen molar-refractivity contribution in [3.63, 3.8) is 0 Å². The van der Waals surface area contributed by atoms with E-state index in [1.807, 2.05) is 0 Å². The van der Waals surface area contributed by atoms with Gasteiger partial charge in [0.15, 0.2) is 0 Å². The number of hydrogen-bond acceptors (Lipinski definition) is 4. The Labute approximate surface area is 96.3 Å². The predicted octanol–water partition coefficient (Wildman–Crippen LogP) is 0.453. The van der Waals surface area contributed by atoms with Crippen molar-refractivity contribution in [2.75, 3.05) is 5.73 Å². The number of hydrogen-bond donors (Lipinski definition) is 2. The number of carboxylic acid groups (broad SMARTS) is 1. The number of aromatic nitrogens is 2. The Hall–Kier alpha value is -2.37. The maximum atomic E-state index is 12.0. The first-order chi connectivity index (χ1) is 8.09. The Balaban J connectivity index is 2.56. The van der Waals surface area contributed by atoms with E-state index in [0.717, 1.165) is 0 Å². The van der Waals surface area contributed by atoms with Crippen LogP contribution >= 0.6 is 0 Å². The highest BCUT2D eigenvalue weighted by molar-refractivity contribution is 5.78. The molecule has 0 atom stereocenters. The number of aliphatic carboxylic acids is 1. The van der Waals surface area contributed by atoms with Gasteiger partial charge in [0.05, 0.1) is 17.3 Å². The van der Waals surface area contributed by atoms with Gasteiger partial charge in [-0.05, 0) is 12.1 Å². The number of nitrogen functional groups attached to an aromatic ring is 1. The van der Waals surface area contributed by atoms with Crippen molar-refractivity contribution in [3.05, 3.63) is 34.6 Å². The quantitative estimate of drug-likeness (QED) is 0.802. The molecule has 1 heterocycles. The van der Waals surface area contributed by atoms with Crippen LogP contribution in [0.2, 0.25) is 0 Å². The van der Waals surface area contributed by atoms with E-state index in [2.05, 4.69) is 4.98 Å². The molecular formula is C11H11N3O3. The molecule has 0 aliphatic carbocycles. The molecule has 17 heavy (non-hydrogen) atoms. The highest BCUT2D eigenvalue weighted by Crippen LogP contribution is 2.08. The summed E-state index contributed by atoms with van der Waals surface area (Å²) in [5, 5.41) is 9.03. The first kappa shape index (κ1) is 11.1. The summed E-state index contributed by atoms with van der Waals surface area (Å²) in [6, 6.07) is 6.81. The van der Waals surface area contributed by atoms with Crippen LogP contribution in [-0.2, 0) is 11.3 Å². The lowest BCUT2D eigenvalue weighted by Crippen LogP contribution is -2.25. The van der Waals surface area contributed by atoms with Gasteiger partial charge >= 0.3 is 5.97 Å². The third-order valence-electron chi connectivity index (χ3n) is 2.44. The standard InChI is InChI=1S/C11H11N3O3/c12-11-13-8-4-2-1-3-7(8)10(17)14(11)6-5-9(15)16/h1-4H,5-6H2,(H2,12,13)(H,15,16). The molecular weight excluding hydrogens is 222 g/mol. The maximum absolute atomic E-state index is 12.0. The second-order valence-electron chi connectivity index (χ2n) is 3.59. The molecule has 1 aromatic carbocycles. The predicted molar refractivity (Wildman–Crippen MR) is 62.7 cm³/mol. The number of nitrogens with two attached hydrogens (primary N) is 1. The molecule has 0 amide bonds. The van der Waals surface area contributed by atoms with Gasteiger partial charge < -0.3 is 10.8 Å². The fourth-order valence-corrected chi connectivity index (χ4v) is 1.61. The summed E-state index contributed by atoms with van der Waals surface area (Å²) in [6.45, 7) is 0.0256. The van der Waals surface area contributed by atoms with Gasteiger partial charge in [0.1, 0.15) is 0 Å². The van der Waals surface area contributed by atoms with Crippen LogP contribution in [0.5, 0.6) is 0 Å². The Morgan fingerprint density at radius 3 is 2.82 bits per heavy atom. The fraction of sp³-hybridized carbons (Fsp3) is 0.182. The van der Waals surface area contributed by atoms with Crippen molar-refractivity contribution in [1.29, 1.82) is 0 Å². The zero-order valence-electron chi connectivity index (χ0n) is 8.96. The summed E-state index contributed by atoms with van der Waals surface area (Å²) >= 11 is 0. The number of rotatable bonds is 3. The monoisotopic (exact) mass is 233 g/mol. The molecule has 0 aliphatic heterocycles. The van der Waals surface area contributed by atoms with Crippen molar-refractivity contribution in [1.82, 2.24) is 9.55 Å². The molecule has 2 rings (SSSR count). The molecule has 0 fully saturated rings. The van der Waals surface area contributed by atoms with Crippen LogP contribution in [-0.4, -0.2) is 20.6 Å². The topological polar surface area (TPSA) is 98.2 Å². The van der Waals surface area contributed by atoms with E-state index < -0.39 is 5.97 Å². The third-order valence-corrected chi connectivity index (χ3v) is 2.44. The second-order valence-corrected chi connectivity index (χ2v) is 3.59. The van der Waals surface area contributed by atoms with E-state index in [4.69, 9.17) is 10.8 Å². The number of para-hydroxylation sites is 1. The Kier molecular flexibility index (Phi) is 2.78. The van der Waals surface area contributed by atoms with E-state index >= 15 is 0 Å². The summed E-state index contributed by atoms with van der Waals surface area (Å²) in [7, 11) is 0. The molecule has 2 aromatic rings. The van der Waals surface area contributed by atoms with Gasteiger partial charge in [-0.3, -0.25) is 14.2 Å². The first-order valence-corrected chi connectivity index (χ1v) is 5.06. The van der Waals surface area contributed by atoms with E-state index in [1.54, 1.807) is 24.3 Å². The van der Waals surface area contributed by atoms with Crippen LogP contribution in [0.4, 0.5) is 5.95 Å². The minimum atomic E-state index is -0.982. The van der Waals surface area contributed by atoms with Gasteiger partial charge in [0.25, 0.3) is 5.56 Å². The van der Waals surface area contributed by atoms with Crippen molar-refractivity contribution in [2.45, 2.75) is 13.0 Å². The number of carboxylic acids is 1. The smallest absolute Gasteiger partial charge is 0.305 e. The lowest BCUT2D eigenvalue weighted by atomic mass is 10.2. The Morgan fingerprint density at radius 1 is 1.41 bits per heavy atom. The first-order valence-electron chi connectivity index (χ1n) is 5.06. The summed E-state index contributed by atoms with van der Waals surface area (Å²) in [4.78, 5) is 26.6. The van der Waals surface area contributed by atoms with Gasteiger partial charge in [-0.15, -0.1) is 0 Å². The molecule has 0 radical (unpaired) electrons. The molecule has 3 N–H and O–H groups in total. The minimum Gasteiger partial charge on any atom is -0.481 e. The summed E-state index contributed by atoms with van der Waals surface area (Å²) in [5.74, 6) is -0.945. The average Bonchev–Trinajstić information content (AvgIpc) is 2.28. The summed E-state index contributed by atoms with van der Waals surface area (Å²) in [5.41, 5.74) is 5.84. The van der Waals surface area contributed by atoms with Crippen molar-refractivity contribution in [2.24, 2.45) is 0 Å². The Bertz CT molecular complexity index is 633. The lowest BCUT2D eigenvalue weighted by molar-refractivity contribution is -0.137. The number of fused-ring (bicyclic) bond motifs is 1. The van der Waals surface area contributed by atoms with Crippen LogP contribution in [0.25, 0.3) is 10.9 Å². The van der Waals surface area contributed by atoms with Gasteiger partial charge in [0, 0.05) is 6.54 Å². The van der Waals surface area contributed by atoms with Gasteiger partial charge in [-0.1, -0.05) is 12.1 Å². The molecule has 0 spiro atoms. The highest BCUT2D eigenvalue weighted by Gasteiger charge is 2.09. The molecule has 88 valence electrons. The molecule has 0 bridgehead atoms. The molecule has 6 heteroatoms. The van der Waals surface area contributed by atoms with Gasteiger partial charge in [0.2, 0.25) is 5.95 Å². The summed E-state index contributed by atoms with van der Waals surface area (Å²) < 4.78 is 1.18. The van der Waals surface area contributed by atoms with Crippen molar-refractivity contribution < 1.29 is 9.90 Å². The van der Waals surface area contributed by atoms with Crippen molar-refractivity contribution >= 4 is 22.8 Å². The minimum absolute atomic E-state index is 0.0256. The molecule has 0 aliphatic rings. The molecule has 0 saturated carbocycles. The third kappa shape index (κ3) is 2.10. The van der Waals surface area contributed by atoms with Gasteiger partial charge in [-0.25, -0.2) is 4.98 Å². The van der Waals surface area contributed by atoms with Gasteiger partial charge in [-0.2, -0.15) is 0 Å². The fourth-order valence-electron chi connectivity index (χ4n) is 1.61. The largest absolute Gasteiger partial charge is 0.481 e. The molecule has 0 unspecified atom stereocenters. The number of nitrogens with zero attached hydrogens (tertiary/aromatic N) is 2. The van der Waals surface area contributed by atoms with Crippen LogP contribution in [0, 0.1) is 0 Å². The zero-order valence-corrected chi connectivity index (χ0v) is 8.96. The molecule has 6 nitrogen and oxygen atoms in total. The van der Waals surface area contributed by atoms with Crippen LogP contribution in [0.3, 0.4) is 0 Å². The van der Waals surface area contributed by atoms with E-state index in [1.165, 1.54) is 4.57 Å². The molecule has 0 saturated heterocycles. The van der Waals surface area contributed by atoms with E-state index in [-0.39, 0.29) is 24.5 Å². The van der Waals surface area contributed by atoms with Crippen LogP contribution in [0.15, 0.2) is 29.1 Å². The number of benzene rings is 1. The van der Waals surface area contributed by atoms with Crippen LogP contribution in [0.1, 0.15) is 6.42 Å². The maximum Gasteiger partial charge on any atom is 0.305 e. The summed E-state index contributed by atoms with van der Waals surface area (Å²) in [6.07, 6.45) is -0.163. The van der Waals surface area contributed by atoms with Crippen molar-refractivity contribution in [3.8, 4) is 0 Å². The molecule has 1 aromatic heterocycles. The zero-order chi connectivity index (χ0) is 12.4. The average molecular weight is 233 g/mol. The Morgan fingerprint density at radius 2 is 2.12 bits per heavy atom. The normalized spacial score (nSPS) is 10.6. The highest BCUT2D eigenvalue weighted by atomic mass is 16.4. The lowest BCUT2D eigenvalue weighted by Gasteiger charge is -2.08. The second kappa shape index (κ2) is 4.25. The van der Waals surface area contributed by atoms with E-state index in [0.29, 0.717) is 10.9 Å². The SMILES string of the molecule is Nc1nc2ccccc2c(=O)n1CCC(=O)O. The number of anilines is 1. The number of carbonyl (C=O) groups is 1. The van der Waals surface area contributed by atoms with E-state index in [9.17, 15) is 9.59 Å².